The summed E-state index contributed by atoms with van der Waals surface area (Å²) in [6.45, 7) is 0. The molecule has 0 heterocycles. The fourth-order valence-electron chi connectivity index (χ4n) is 0.110. The summed E-state index contributed by atoms with van der Waals surface area (Å²) >= 11 is 0. The van der Waals surface area contributed by atoms with Crippen LogP contribution in [0, 0.1) is 0 Å². The molecule has 0 spiro atoms. The summed E-state index contributed by atoms with van der Waals surface area (Å²) in [5, 5.41) is 15.1. The van der Waals surface area contributed by atoms with Crippen LogP contribution >= 0.6 is 7.99 Å². The number of halogens is 2. The molecule has 0 saturated carbocycles. The molecule has 0 atom stereocenters. The van der Waals surface area contributed by atoms with Gasteiger partial charge in [-0.25, -0.2) is 4.57 Å². The van der Waals surface area contributed by atoms with Gasteiger partial charge < -0.3 is 10.0 Å². The molecule has 0 aromatic heterocycles. The Morgan fingerprint density at radius 2 is 1.88 bits per heavy atom. The molecular formula is H2BF2O4P. The highest BCUT2D eigenvalue weighted by molar-refractivity contribution is 7.48. The molecule has 0 aromatic rings. The minimum atomic E-state index is -5.72. The van der Waals surface area contributed by atoms with Crippen molar-refractivity contribution in [1.29, 1.82) is 0 Å². The molecule has 0 amide bonds. The van der Waals surface area contributed by atoms with Crippen LogP contribution < -0.4 is 0 Å². The minimum absolute atomic E-state index is 2.67. The first-order valence-corrected chi connectivity index (χ1v) is 2.86. The van der Waals surface area contributed by atoms with Crippen molar-refractivity contribution in [3.05, 3.63) is 0 Å². The Hall–Kier alpha value is 0.0349. The molecule has 0 radical (unpaired) electrons. The largest absolute Gasteiger partial charge is 0.642 e. The summed E-state index contributed by atoms with van der Waals surface area (Å²) < 4.78 is 33.9. The topological polar surface area (TPSA) is 66.8 Å². The van der Waals surface area contributed by atoms with E-state index in [0.717, 1.165) is 0 Å². The first-order chi connectivity index (χ1) is 3.42. The number of hydrogen-bond acceptors (Lipinski definition) is 4. The molecule has 8 heteroatoms. The Balaban J connectivity index is 3.56. The van der Waals surface area contributed by atoms with E-state index in [4.69, 9.17) is 14.6 Å². The summed E-state index contributed by atoms with van der Waals surface area (Å²) in [6, 6.07) is 0. The predicted molar refractivity (Wildman–Crippen MR) is 21.1 cm³/mol. The second-order valence-electron chi connectivity index (χ2n) is 0.846. The van der Waals surface area contributed by atoms with E-state index >= 15 is 0 Å². The zero-order valence-electron chi connectivity index (χ0n) is 3.49. The van der Waals surface area contributed by atoms with Crippen molar-refractivity contribution in [2.75, 3.05) is 0 Å². The average molecular weight is 146 g/mol. The normalized spacial score (nSPS) is 11.5. The van der Waals surface area contributed by atoms with E-state index in [-0.39, 0.29) is 0 Å². The van der Waals surface area contributed by atoms with Crippen molar-refractivity contribution in [3.63, 3.8) is 0 Å². The lowest BCUT2D eigenvalue weighted by atomic mass is 10.3. The molecule has 2 N–H and O–H groups in total. The molecule has 0 rings (SSSR count). The monoisotopic (exact) mass is 146 g/mol. The maximum atomic E-state index is 11.0. The highest BCUT2D eigenvalue weighted by Crippen LogP contribution is 2.50. The molecule has 48 valence electrons. The average Bonchev–Trinajstić information content (AvgIpc) is 1.21. The molecular weight excluding hydrogens is 144 g/mol. The third kappa shape index (κ3) is 6.03. The maximum absolute atomic E-state index is 11.0. The van der Waals surface area contributed by atoms with Crippen LogP contribution in [0.1, 0.15) is 0 Å². The van der Waals surface area contributed by atoms with E-state index in [2.05, 4.69) is 4.44 Å². The van der Waals surface area contributed by atoms with Crippen LogP contribution in [0.15, 0.2) is 0 Å². The third-order valence-corrected chi connectivity index (χ3v) is 0.651. The van der Waals surface area contributed by atoms with Gasteiger partial charge in [0.15, 0.2) is 0 Å². The molecule has 0 aliphatic rings. The summed E-state index contributed by atoms with van der Waals surface area (Å²) in [5.41, 5.74) is 0. The van der Waals surface area contributed by atoms with Gasteiger partial charge in [0.05, 0.1) is 0 Å². The lowest BCUT2D eigenvalue weighted by molar-refractivity contribution is 0.261. The van der Waals surface area contributed by atoms with Crippen molar-refractivity contribution >= 4 is 15.3 Å². The fourth-order valence-corrected chi connectivity index (χ4v) is 0.329. The second kappa shape index (κ2) is 2.54. The van der Waals surface area contributed by atoms with Gasteiger partial charge in [-0.3, -0.25) is 4.44 Å². The molecule has 0 aromatic carbocycles. The van der Waals surface area contributed by atoms with Crippen molar-refractivity contribution in [2.45, 2.75) is 0 Å². The third-order valence-electron chi connectivity index (χ3n) is 0.217. The Morgan fingerprint density at radius 1 is 1.50 bits per heavy atom. The summed E-state index contributed by atoms with van der Waals surface area (Å²) in [7, 11) is -8.39. The van der Waals surface area contributed by atoms with Crippen LogP contribution in [0.5, 0.6) is 0 Å². The first kappa shape index (κ1) is 8.03. The van der Waals surface area contributed by atoms with Gasteiger partial charge in [-0.15, -0.1) is 8.39 Å². The molecule has 0 unspecified atom stereocenters. The van der Waals surface area contributed by atoms with Crippen molar-refractivity contribution in [2.24, 2.45) is 0 Å². The lowest BCUT2D eigenvalue weighted by Gasteiger charge is -1.95. The standard InChI is InChI=1S/BF2H2O4P/c2-8(3,6)7-1(4)5/h4-5H. The van der Waals surface area contributed by atoms with Crippen LogP contribution in [0.2, 0.25) is 0 Å². The van der Waals surface area contributed by atoms with Gasteiger partial charge in [-0.2, -0.15) is 0 Å². The van der Waals surface area contributed by atoms with Gasteiger partial charge in [0.25, 0.3) is 0 Å². The van der Waals surface area contributed by atoms with Gasteiger partial charge >= 0.3 is 15.3 Å². The zero-order chi connectivity index (χ0) is 6.78. The van der Waals surface area contributed by atoms with Crippen LogP contribution in [0.3, 0.4) is 0 Å². The second-order valence-corrected chi connectivity index (χ2v) is 1.89. The quantitative estimate of drug-likeness (QED) is 0.425. The van der Waals surface area contributed by atoms with Gasteiger partial charge in [-0.05, 0) is 0 Å². The molecule has 4 nitrogen and oxygen atoms in total. The van der Waals surface area contributed by atoms with Crippen LogP contribution in [-0.2, 0) is 9.01 Å². The van der Waals surface area contributed by atoms with Gasteiger partial charge in [-0.1, -0.05) is 0 Å². The maximum Gasteiger partial charge on any atom is 0.642 e. The van der Waals surface area contributed by atoms with Crippen molar-refractivity contribution in [3.8, 4) is 0 Å². The zero-order valence-corrected chi connectivity index (χ0v) is 4.39. The Bertz CT molecular complexity index is 107. The van der Waals surface area contributed by atoms with E-state index in [0.29, 0.717) is 0 Å². The van der Waals surface area contributed by atoms with Crippen molar-refractivity contribution < 1.29 is 27.4 Å². The van der Waals surface area contributed by atoms with E-state index in [1.54, 1.807) is 0 Å². The molecule has 8 heavy (non-hydrogen) atoms. The lowest BCUT2D eigenvalue weighted by Crippen LogP contribution is -2.12. The van der Waals surface area contributed by atoms with Crippen LogP contribution in [0.25, 0.3) is 0 Å². The predicted octanol–water partition coefficient (Wildman–Crippen LogP) is 0.0196. The fraction of sp³-hybridized carbons (Fsp3) is 0. The molecule has 0 fully saturated rings. The van der Waals surface area contributed by atoms with E-state index in [1.165, 1.54) is 0 Å². The minimum Gasteiger partial charge on any atom is -0.401 e. The molecule has 0 bridgehead atoms. The van der Waals surface area contributed by atoms with E-state index in [1.807, 2.05) is 0 Å². The van der Waals surface area contributed by atoms with Crippen molar-refractivity contribution in [1.82, 2.24) is 0 Å². The van der Waals surface area contributed by atoms with E-state index < -0.39 is 15.3 Å². The number of hydrogen-bond donors (Lipinski definition) is 2. The molecule has 0 aliphatic carbocycles. The summed E-state index contributed by atoms with van der Waals surface area (Å²) in [5.74, 6) is 0. The Labute approximate surface area is 44.0 Å². The Morgan fingerprint density at radius 3 is 1.88 bits per heavy atom. The van der Waals surface area contributed by atoms with Crippen LogP contribution in [-0.4, -0.2) is 17.4 Å². The highest BCUT2D eigenvalue weighted by Gasteiger charge is 2.28. The van der Waals surface area contributed by atoms with Crippen LogP contribution in [0.4, 0.5) is 8.39 Å². The van der Waals surface area contributed by atoms with E-state index in [9.17, 15) is 8.39 Å². The smallest absolute Gasteiger partial charge is 0.401 e. The summed E-state index contributed by atoms with van der Waals surface area (Å²) in [6.07, 6.45) is 0. The summed E-state index contributed by atoms with van der Waals surface area (Å²) in [4.78, 5) is 0. The first-order valence-electron chi connectivity index (χ1n) is 1.46. The van der Waals surface area contributed by atoms with Gasteiger partial charge in [0.1, 0.15) is 0 Å². The van der Waals surface area contributed by atoms with Gasteiger partial charge in [0.2, 0.25) is 0 Å². The Kier molecular flexibility index (Phi) is 2.56. The molecule has 0 saturated heterocycles. The highest BCUT2D eigenvalue weighted by atomic mass is 31.2. The van der Waals surface area contributed by atoms with Gasteiger partial charge in [0, 0.05) is 0 Å². The number of rotatable bonds is 2. The SMILES string of the molecule is O=P(F)(F)OB(O)O. The molecule has 0 aliphatic heterocycles.